The minimum atomic E-state index is -0.137. The van der Waals surface area contributed by atoms with Gasteiger partial charge < -0.3 is 14.8 Å². The van der Waals surface area contributed by atoms with Gasteiger partial charge in [0.25, 0.3) is 0 Å². The summed E-state index contributed by atoms with van der Waals surface area (Å²) in [4.78, 5) is 0. The number of hydrogen-bond donors (Lipinski definition) is 1. The monoisotopic (exact) mass is 249 g/mol. The first-order chi connectivity index (χ1) is 8.71. The summed E-state index contributed by atoms with van der Waals surface area (Å²) in [7, 11) is 1.99. The van der Waals surface area contributed by atoms with Crippen molar-refractivity contribution in [2.24, 2.45) is 0 Å². The van der Waals surface area contributed by atoms with E-state index >= 15 is 0 Å². The maximum atomic E-state index is 5.96. The Morgan fingerprint density at radius 3 is 2.83 bits per heavy atom. The summed E-state index contributed by atoms with van der Waals surface area (Å²) in [5, 5.41) is 3.39. The van der Waals surface area contributed by atoms with E-state index in [1.807, 2.05) is 26.1 Å². The van der Waals surface area contributed by atoms with Crippen LogP contribution in [0.15, 0.2) is 24.3 Å². The zero-order valence-electron chi connectivity index (χ0n) is 11.5. The Labute approximate surface area is 109 Å². The van der Waals surface area contributed by atoms with E-state index in [1.54, 1.807) is 0 Å². The molecule has 1 saturated heterocycles. The van der Waals surface area contributed by atoms with Gasteiger partial charge in [0, 0.05) is 12.2 Å². The van der Waals surface area contributed by atoms with Crippen molar-refractivity contribution < 1.29 is 9.47 Å². The molecule has 3 heteroatoms. The number of rotatable bonds is 5. The number of benzene rings is 1. The van der Waals surface area contributed by atoms with Crippen LogP contribution in [0.4, 0.5) is 0 Å². The summed E-state index contributed by atoms with van der Waals surface area (Å²) in [6.45, 7) is 5.74. The van der Waals surface area contributed by atoms with Crippen LogP contribution in [0.2, 0.25) is 0 Å². The van der Waals surface area contributed by atoms with Gasteiger partial charge in [-0.25, -0.2) is 0 Å². The first-order valence-electron chi connectivity index (χ1n) is 6.74. The van der Waals surface area contributed by atoms with Gasteiger partial charge in [-0.15, -0.1) is 0 Å². The maximum absolute atomic E-state index is 5.96. The molecular weight excluding hydrogens is 226 g/mol. The summed E-state index contributed by atoms with van der Waals surface area (Å²) in [6, 6.07) is 8.39. The van der Waals surface area contributed by atoms with Crippen molar-refractivity contribution in [3.63, 3.8) is 0 Å². The van der Waals surface area contributed by atoms with E-state index in [4.69, 9.17) is 9.47 Å². The van der Waals surface area contributed by atoms with E-state index in [1.165, 1.54) is 5.56 Å². The van der Waals surface area contributed by atoms with Crippen LogP contribution in [0.3, 0.4) is 0 Å². The first kappa shape index (κ1) is 13.4. The summed E-state index contributed by atoms with van der Waals surface area (Å²) < 4.78 is 11.7. The molecule has 0 radical (unpaired) electrons. The molecule has 1 aliphatic rings. The lowest BCUT2D eigenvalue weighted by Crippen LogP contribution is -2.39. The van der Waals surface area contributed by atoms with Crippen molar-refractivity contribution in [2.45, 2.75) is 38.3 Å². The van der Waals surface area contributed by atoms with E-state index < -0.39 is 0 Å². The van der Waals surface area contributed by atoms with Crippen molar-refractivity contribution in [3.05, 3.63) is 29.8 Å². The average molecular weight is 249 g/mol. The molecule has 1 aromatic carbocycles. The second kappa shape index (κ2) is 5.72. The van der Waals surface area contributed by atoms with Crippen molar-refractivity contribution in [1.82, 2.24) is 5.32 Å². The van der Waals surface area contributed by atoms with Crippen LogP contribution < -0.4 is 10.1 Å². The highest BCUT2D eigenvalue weighted by molar-refractivity contribution is 5.37. The van der Waals surface area contributed by atoms with Crippen LogP contribution in [0.1, 0.15) is 38.3 Å². The molecule has 1 aliphatic heterocycles. The lowest BCUT2D eigenvalue weighted by Gasteiger charge is -2.34. The Morgan fingerprint density at radius 2 is 2.22 bits per heavy atom. The zero-order valence-corrected chi connectivity index (χ0v) is 11.5. The standard InChI is InChI=1S/C15H23NO2/c1-4-17-13-9-6-5-8-12(13)14(16-3)15(2)10-7-11-18-15/h5-6,8-9,14,16H,4,7,10-11H2,1-3H3. The molecular formula is C15H23NO2. The van der Waals surface area contributed by atoms with Crippen LogP contribution in [0.5, 0.6) is 5.75 Å². The van der Waals surface area contributed by atoms with E-state index in [0.717, 1.165) is 25.2 Å². The van der Waals surface area contributed by atoms with Crippen molar-refractivity contribution >= 4 is 0 Å². The molecule has 0 aliphatic carbocycles. The summed E-state index contributed by atoms with van der Waals surface area (Å²) in [5.74, 6) is 0.955. The topological polar surface area (TPSA) is 30.5 Å². The van der Waals surface area contributed by atoms with Gasteiger partial charge in [0.1, 0.15) is 5.75 Å². The van der Waals surface area contributed by atoms with E-state index in [9.17, 15) is 0 Å². The molecule has 3 nitrogen and oxygen atoms in total. The van der Waals surface area contributed by atoms with Crippen molar-refractivity contribution in [2.75, 3.05) is 20.3 Å². The van der Waals surface area contributed by atoms with Crippen molar-refractivity contribution in [3.8, 4) is 5.75 Å². The Balaban J connectivity index is 2.32. The Hall–Kier alpha value is -1.06. The third kappa shape index (κ3) is 2.52. The largest absolute Gasteiger partial charge is 0.494 e. The molecule has 2 rings (SSSR count). The maximum Gasteiger partial charge on any atom is 0.124 e. The third-order valence-corrected chi connectivity index (χ3v) is 3.68. The number of likely N-dealkylation sites (N-methyl/N-ethyl adjacent to an activating group) is 1. The normalized spacial score (nSPS) is 25.1. The van der Waals surface area contributed by atoms with Gasteiger partial charge >= 0.3 is 0 Å². The van der Waals surface area contributed by atoms with Crippen LogP contribution >= 0.6 is 0 Å². The number of para-hydroxylation sites is 1. The molecule has 18 heavy (non-hydrogen) atoms. The Kier molecular flexibility index (Phi) is 4.25. The fraction of sp³-hybridized carbons (Fsp3) is 0.600. The predicted molar refractivity (Wildman–Crippen MR) is 73.0 cm³/mol. The van der Waals surface area contributed by atoms with Gasteiger partial charge in [-0.1, -0.05) is 18.2 Å². The van der Waals surface area contributed by atoms with Gasteiger partial charge in [0.05, 0.1) is 18.2 Å². The molecule has 0 amide bonds. The fourth-order valence-electron chi connectivity index (χ4n) is 2.82. The molecule has 1 aromatic rings. The van der Waals surface area contributed by atoms with Gasteiger partial charge in [-0.05, 0) is 39.8 Å². The highest BCUT2D eigenvalue weighted by Crippen LogP contribution is 2.40. The summed E-state index contributed by atoms with van der Waals surface area (Å²) in [5.41, 5.74) is 1.05. The second-order valence-corrected chi connectivity index (χ2v) is 4.96. The van der Waals surface area contributed by atoms with Crippen molar-refractivity contribution in [1.29, 1.82) is 0 Å². The molecule has 0 bridgehead atoms. The summed E-state index contributed by atoms with van der Waals surface area (Å²) >= 11 is 0. The lowest BCUT2D eigenvalue weighted by atomic mass is 9.87. The van der Waals surface area contributed by atoms with Crippen LogP contribution in [-0.4, -0.2) is 25.9 Å². The zero-order chi connectivity index (χ0) is 13.0. The van der Waals surface area contributed by atoms with Crippen LogP contribution in [0.25, 0.3) is 0 Å². The molecule has 100 valence electrons. The fourth-order valence-corrected chi connectivity index (χ4v) is 2.82. The highest BCUT2D eigenvalue weighted by Gasteiger charge is 2.39. The third-order valence-electron chi connectivity index (χ3n) is 3.68. The SMILES string of the molecule is CCOc1ccccc1C(NC)C1(C)CCCO1. The van der Waals surface area contributed by atoms with E-state index in [2.05, 4.69) is 24.4 Å². The minimum absolute atomic E-state index is 0.137. The Morgan fingerprint density at radius 1 is 1.44 bits per heavy atom. The average Bonchev–Trinajstić information content (AvgIpc) is 2.80. The second-order valence-electron chi connectivity index (χ2n) is 4.96. The van der Waals surface area contributed by atoms with E-state index in [-0.39, 0.29) is 11.6 Å². The highest BCUT2D eigenvalue weighted by atomic mass is 16.5. The van der Waals surface area contributed by atoms with Gasteiger partial charge in [-0.3, -0.25) is 0 Å². The quantitative estimate of drug-likeness (QED) is 0.870. The Bertz CT molecular complexity index is 386. The van der Waals surface area contributed by atoms with Crippen LogP contribution in [0, 0.1) is 0 Å². The molecule has 2 unspecified atom stereocenters. The smallest absolute Gasteiger partial charge is 0.124 e. The molecule has 0 spiro atoms. The molecule has 0 aromatic heterocycles. The molecule has 1 heterocycles. The number of ether oxygens (including phenoxy) is 2. The predicted octanol–water partition coefficient (Wildman–Crippen LogP) is 2.91. The van der Waals surface area contributed by atoms with E-state index in [0.29, 0.717) is 6.61 Å². The van der Waals surface area contributed by atoms with Gasteiger partial charge in [0.15, 0.2) is 0 Å². The summed E-state index contributed by atoms with van der Waals surface area (Å²) in [6.07, 6.45) is 2.21. The number of nitrogens with one attached hydrogen (secondary N) is 1. The van der Waals surface area contributed by atoms with Gasteiger partial charge in [0.2, 0.25) is 0 Å². The lowest BCUT2D eigenvalue weighted by molar-refractivity contribution is -0.0111. The molecule has 1 N–H and O–H groups in total. The molecule has 0 saturated carbocycles. The number of hydrogen-bond acceptors (Lipinski definition) is 3. The molecule has 2 atom stereocenters. The van der Waals surface area contributed by atoms with Gasteiger partial charge in [-0.2, -0.15) is 0 Å². The first-order valence-corrected chi connectivity index (χ1v) is 6.74. The molecule has 1 fully saturated rings. The van der Waals surface area contributed by atoms with Crippen LogP contribution in [-0.2, 0) is 4.74 Å². The minimum Gasteiger partial charge on any atom is -0.494 e.